The zero-order chi connectivity index (χ0) is 19.3. The second-order valence-corrected chi connectivity index (χ2v) is 7.30. The average Bonchev–Trinajstić information content (AvgIpc) is 3.15. The van der Waals surface area contributed by atoms with Gasteiger partial charge in [0.1, 0.15) is 0 Å². The molecular weight excluding hydrogens is 350 g/mol. The van der Waals surface area contributed by atoms with E-state index in [0.717, 1.165) is 30.0 Å². The summed E-state index contributed by atoms with van der Waals surface area (Å²) in [6.45, 7) is 7.75. The van der Waals surface area contributed by atoms with Gasteiger partial charge in [-0.1, -0.05) is 42.5 Å². The zero-order valence-electron chi connectivity index (χ0n) is 16.5. The molecule has 146 valence electrons. The number of aryl methyl sites for hydroxylation is 2. The van der Waals surface area contributed by atoms with E-state index in [1.807, 2.05) is 10.7 Å². The molecule has 28 heavy (non-hydrogen) atoms. The lowest BCUT2D eigenvalue weighted by molar-refractivity contribution is -0.0864. The van der Waals surface area contributed by atoms with Crippen molar-refractivity contribution in [2.45, 2.75) is 26.5 Å². The number of ether oxygens (including phenoxy) is 2. The third-order valence-electron chi connectivity index (χ3n) is 5.02. The third kappa shape index (κ3) is 4.33. The van der Waals surface area contributed by atoms with E-state index in [2.05, 4.69) is 67.8 Å². The van der Waals surface area contributed by atoms with Gasteiger partial charge in [0.25, 0.3) is 0 Å². The third-order valence-corrected chi connectivity index (χ3v) is 5.02. The number of nitrogens with one attached hydrogen (secondary N) is 1. The molecule has 0 amide bonds. The van der Waals surface area contributed by atoms with Crippen LogP contribution in [0.3, 0.4) is 0 Å². The van der Waals surface area contributed by atoms with E-state index in [-0.39, 0.29) is 6.10 Å². The molecule has 1 aliphatic heterocycles. The first-order valence-electron chi connectivity index (χ1n) is 9.82. The van der Waals surface area contributed by atoms with Crippen molar-refractivity contribution >= 4 is 0 Å². The molecule has 0 radical (unpaired) electrons. The van der Waals surface area contributed by atoms with Crippen molar-refractivity contribution in [2.24, 2.45) is 0 Å². The number of hydrogen-bond acceptors (Lipinski definition) is 4. The first-order chi connectivity index (χ1) is 13.7. The molecule has 2 aromatic carbocycles. The maximum absolute atomic E-state index is 5.73. The van der Waals surface area contributed by atoms with E-state index in [1.54, 1.807) is 0 Å². The van der Waals surface area contributed by atoms with E-state index < -0.39 is 0 Å². The standard InChI is InChI=1S/C23H27N3O2/c1-17-8-9-18(2)22(12-17)26-15-20(13-24-14-21-16-27-10-11-28-21)23(25-26)19-6-4-3-5-7-19/h3-9,12,15,21,24H,10-11,13-14,16H2,1-2H3/t21-/m0/s1. The van der Waals surface area contributed by atoms with E-state index in [4.69, 9.17) is 14.6 Å². The quantitative estimate of drug-likeness (QED) is 0.712. The fourth-order valence-electron chi connectivity index (χ4n) is 3.49. The minimum atomic E-state index is 0.114. The van der Waals surface area contributed by atoms with Crippen LogP contribution in [0.1, 0.15) is 16.7 Å². The van der Waals surface area contributed by atoms with Crippen LogP contribution in [-0.2, 0) is 16.0 Å². The Kier molecular flexibility index (Phi) is 5.86. The molecule has 1 aromatic heterocycles. The van der Waals surface area contributed by atoms with Crippen molar-refractivity contribution < 1.29 is 9.47 Å². The molecule has 0 spiro atoms. The number of hydrogen-bond donors (Lipinski definition) is 1. The Hall–Kier alpha value is -2.47. The minimum absolute atomic E-state index is 0.114. The van der Waals surface area contributed by atoms with Crippen LogP contribution in [0.25, 0.3) is 16.9 Å². The van der Waals surface area contributed by atoms with E-state index >= 15 is 0 Å². The van der Waals surface area contributed by atoms with Crippen LogP contribution in [0, 0.1) is 13.8 Å². The molecule has 1 atom stereocenters. The molecule has 0 saturated carbocycles. The maximum Gasteiger partial charge on any atom is 0.0972 e. The van der Waals surface area contributed by atoms with Crippen molar-refractivity contribution in [3.63, 3.8) is 0 Å². The lowest BCUT2D eigenvalue weighted by Crippen LogP contribution is -2.37. The lowest BCUT2D eigenvalue weighted by Gasteiger charge is -2.23. The number of nitrogens with zero attached hydrogens (tertiary/aromatic N) is 2. The van der Waals surface area contributed by atoms with Crippen LogP contribution in [0.15, 0.2) is 54.7 Å². The first-order valence-corrected chi connectivity index (χ1v) is 9.82. The molecule has 0 unspecified atom stereocenters. The van der Waals surface area contributed by atoms with Crippen LogP contribution in [0.5, 0.6) is 0 Å². The van der Waals surface area contributed by atoms with E-state index in [9.17, 15) is 0 Å². The number of aromatic nitrogens is 2. The van der Waals surface area contributed by atoms with Gasteiger partial charge < -0.3 is 14.8 Å². The number of benzene rings is 2. The molecule has 0 bridgehead atoms. The van der Waals surface area contributed by atoms with Gasteiger partial charge in [-0.15, -0.1) is 0 Å². The Balaban J connectivity index is 1.60. The molecular formula is C23H27N3O2. The van der Waals surface area contributed by atoms with Gasteiger partial charge in [0.15, 0.2) is 0 Å². The summed E-state index contributed by atoms with van der Waals surface area (Å²) in [7, 11) is 0. The summed E-state index contributed by atoms with van der Waals surface area (Å²) in [6, 6.07) is 16.8. The van der Waals surface area contributed by atoms with E-state index in [1.165, 1.54) is 16.7 Å². The van der Waals surface area contributed by atoms with Gasteiger partial charge in [0.05, 0.1) is 37.3 Å². The fourth-order valence-corrected chi connectivity index (χ4v) is 3.49. The highest BCUT2D eigenvalue weighted by atomic mass is 16.6. The van der Waals surface area contributed by atoms with Gasteiger partial charge in [0.2, 0.25) is 0 Å². The molecule has 2 heterocycles. The van der Waals surface area contributed by atoms with Gasteiger partial charge >= 0.3 is 0 Å². The summed E-state index contributed by atoms with van der Waals surface area (Å²) in [6.07, 6.45) is 2.25. The van der Waals surface area contributed by atoms with Crippen LogP contribution in [0.4, 0.5) is 0 Å². The second kappa shape index (κ2) is 8.69. The molecule has 5 heteroatoms. The number of rotatable bonds is 6. The SMILES string of the molecule is Cc1ccc(C)c(-n2cc(CNC[C@H]3COCCO3)c(-c3ccccc3)n2)c1. The van der Waals surface area contributed by atoms with Crippen LogP contribution < -0.4 is 5.32 Å². The Morgan fingerprint density at radius 1 is 1.11 bits per heavy atom. The summed E-state index contributed by atoms with van der Waals surface area (Å²) >= 11 is 0. The molecule has 5 nitrogen and oxygen atoms in total. The van der Waals surface area contributed by atoms with Gasteiger partial charge in [-0.25, -0.2) is 4.68 Å². The summed E-state index contributed by atoms with van der Waals surface area (Å²) in [5.74, 6) is 0. The maximum atomic E-state index is 5.73. The second-order valence-electron chi connectivity index (χ2n) is 7.30. The van der Waals surface area contributed by atoms with Gasteiger partial charge in [-0.3, -0.25) is 0 Å². The van der Waals surface area contributed by atoms with Gasteiger partial charge in [-0.2, -0.15) is 5.10 Å². The molecule has 1 aliphatic rings. The summed E-state index contributed by atoms with van der Waals surface area (Å²) in [5.41, 5.74) is 6.86. The Labute approximate surface area is 166 Å². The summed E-state index contributed by atoms with van der Waals surface area (Å²) < 4.78 is 13.2. The lowest BCUT2D eigenvalue weighted by atomic mass is 10.1. The predicted molar refractivity (Wildman–Crippen MR) is 111 cm³/mol. The predicted octanol–water partition coefficient (Wildman–Crippen LogP) is 3.66. The van der Waals surface area contributed by atoms with Gasteiger partial charge in [0, 0.05) is 30.4 Å². The molecule has 0 aliphatic carbocycles. The highest BCUT2D eigenvalue weighted by Crippen LogP contribution is 2.25. The molecule has 1 fully saturated rings. The van der Waals surface area contributed by atoms with Gasteiger partial charge in [-0.05, 0) is 31.0 Å². The Bertz CT molecular complexity index is 915. The van der Waals surface area contributed by atoms with Crippen molar-refractivity contribution in [3.05, 3.63) is 71.4 Å². The van der Waals surface area contributed by atoms with Crippen molar-refractivity contribution in [3.8, 4) is 16.9 Å². The van der Waals surface area contributed by atoms with Crippen LogP contribution >= 0.6 is 0 Å². The smallest absolute Gasteiger partial charge is 0.0972 e. The largest absolute Gasteiger partial charge is 0.376 e. The fraction of sp³-hybridized carbons (Fsp3) is 0.348. The molecule has 3 aromatic rings. The van der Waals surface area contributed by atoms with Crippen molar-refractivity contribution in [2.75, 3.05) is 26.4 Å². The van der Waals surface area contributed by atoms with Crippen LogP contribution in [0.2, 0.25) is 0 Å². The van der Waals surface area contributed by atoms with E-state index in [0.29, 0.717) is 19.8 Å². The highest BCUT2D eigenvalue weighted by Gasteiger charge is 2.16. The minimum Gasteiger partial charge on any atom is -0.376 e. The zero-order valence-corrected chi connectivity index (χ0v) is 16.5. The molecule has 4 rings (SSSR count). The normalized spacial score (nSPS) is 17.0. The monoisotopic (exact) mass is 377 g/mol. The summed E-state index contributed by atoms with van der Waals surface area (Å²) in [4.78, 5) is 0. The topological polar surface area (TPSA) is 48.3 Å². The summed E-state index contributed by atoms with van der Waals surface area (Å²) in [5, 5.41) is 8.45. The Morgan fingerprint density at radius 3 is 2.75 bits per heavy atom. The van der Waals surface area contributed by atoms with Crippen molar-refractivity contribution in [1.29, 1.82) is 0 Å². The molecule has 1 saturated heterocycles. The molecule has 1 N–H and O–H groups in total. The Morgan fingerprint density at radius 2 is 1.96 bits per heavy atom. The first kappa shape index (κ1) is 18.9. The highest BCUT2D eigenvalue weighted by molar-refractivity contribution is 5.63. The van der Waals surface area contributed by atoms with Crippen molar-refractivity contribution in [1.82, 2.24) is 15.1 Å². The van der Waals surface area contributed by atoms with Crippen LogP contribution in [-0.4, -0.2) is 42.2 Å². The average molecular weight is 377 g/mol.